The molecule has 0 spiro atoms. The molecule has 1 nitrogen and oxygen atoms in total. The molecule has 13 heavy (non-hydrogen) atoms. The van der Waals surface area contributed by atoms with Gasteiger partial charge in [0, 0.05) is 18.6 Å². The van der Waals surface area contributed by atoms with Gasteiger partial charge in [-0.3, -0.25) is 4.90 Å². The van der Waals surface area contributed by atoms with E-state index in [0.717, 1.165) is 0 Å². The minimum atomic E-state index is -4.02. The molecule has 2 atom stereocenters. The molecule has 1 aliphatic heterocycles. The molecule has 4 heteroatoms. The van der Waals surface area contributed by atoms with Crippen molar-refractivity contribution < 1.29 is 13.2 Å². The van der Waals surface area contributed by atoms with Gasteiger partial charge in [-0.2, -0.15) is 13.2 Å². The Morgan fingerprint density at radius 1 is 1.31 bits per heavy atom. The first-order chi connectivity index (χ1) is 5.82. The van der Waals surface area contributed by atoms with Crippen LogP contribution < -0.4 is 0 Å². The highest BCUT2D eigenvalue weighted by Gasteiger charge is 2.46. The number of hydrogen-bond acceptors (Lipinski definition) is 1. The average Bonchev–Trinajstić information content (AvgIpc) is 2.29. The highest BCUT2D eigenvalue weighted by Crippen LogP contribution is 2.36. The zero-order chi connectivity index (χ0) is 10.2. The summed E-state index contributed by atoms with van der Waals surface area (Å²) in [6.45, 7) is 5.92. The molecule has 1 rings (SSSR count). The van der Waals surface area contributed by atoms with E-state index in [0.29, 0.717) is 0 Å². The van der Waals surface area contributed by atoms with Gasteiger partial charge in [0.05, 0.1) is 5.92 Å². The fourth-order valence-electron chi connectivity index (χ4n) is 2.01. The molecule has 0 amide bonds. The molecule has 0 radical (unpaired) electrons. The number of likely N-dealkylation sites (tertiary alicyclic amines) is 1. The van der Waals surface area contributed by atoms with Crippen LogP contribution in [0, 0.1) is 5.92 Å². The summed E-state index contributed by atoms with van der Waals surface area (Å²) in [7, 11) is 0. The second-order valence-corrected chi connectivity index (χ2v) is 4.11. The van der Waals surface area contributed by atoms with E-state index in [9.17, 15) is 13.2 Å². The summed E-state index contributed by atoms with van der Waals surface area (Å²) in [5.74, 6) is -1.12. The fraction of sp³-hybridized carbons (Fsp3) is 1.00. The number of halogens is 3. The third kappa shape index (κ3) is 2.36. The fourth-order valence-corrected chi connectivity index (χ4v) is 2.01. The van der Waals surface area contributed by atoms with Gasteiger partial charge in [0.2, 0.25) is 0 Å². The maximum absolute atomic E-state index is 12.3. The van der Waals surface area contributed by atoms with Crippen molar-refractivity contribution in [2.45, 2.75) is 45.5 Å². The van der Waals surface area contributed by atoms with Crippen LogP contribution in [0.15, 0.2) is 0 Å². The van der Waals surface area contributed by atoms with Gasteiger partial charge in [0.15, 0.2) is 0 Å². The Labute approximate surface area is 76.9 Å². The molecule has 0 aromatic carbocycles. The highest BCUT2D eigenvalue weighted by atomic mass is 19.4. The van der Waals surface area contributed by atoms with Gasteiger partial charge >= 0.3 is 6.18 Å². The molecule has 2 unspecified atom stereocenters. The molecular formula is C9H16F3N. The van der Waals surface area contributed by atoms with E-state index in [1.807, 2.05) is 25.7 Å². The molecule has 0 bridgehead atoms. The summed E-state index contributed by atoms with van der Waals surface area (Å²) >= 11 is 0. The Kier molecular flexibility index (Phi) is 2.90. The van der Waals surface area contributed by atoms with Crippen LogP contribution in [0.5, 0.6) is 0 Å². The smallest absolute Gasteiger partial charge is 0.298 e. The van der Waals surface area contributed by atoms with Crippen molar-refractivity contribution in [2.75, 3.05) is 6.54 Å². The lowest BCUT2D eigenvalue weighted by Gasteiger charge is -2.25. The van der Waals surface area contributed by atoms with E-state index in [-0.39, 0.29) is 25.0 Å². The lowest BCUT2D eigenvalue weighted by molar-refractivity contribution is -0.170. The number of hydrogen-bond donors (Lipinski definition) is 0. The minimum absolute atomic E-state index is 0.0617. The summed E-state index contributed by atoms with van der Waals surface area (Å²) < 4.78 is 37.0. The SMILES string of the molecule is CC(C)N1CC(C(F)(F)F)CC1C. The van der Waals surface area contributed by atoms with Crippen LogP contribution in [0.4, 0.5) is 13.2 Å². The summed E-state index contributed by atoms with van der Waals surface area (Å²) in [5.41, 5.74) is 0. The molecule has 0 N–H and O–H groups in total. The van der Waals surface area contributed by atoms with Crippen LogP contribution in [-0.4, -0.2) is 29.7 Å². The maximum Gasteiger partial charge on any atom is 0.393 e. The lowest BCUT2D eigenvalue weighted by Crippen LogP contribution is -2.35. The second-order valence-electron chi connectivity index (χ2n) is 4.11. The van der Waals surface area contributed by atoms with Gasteiger partial charge in [-0.1, -0.05) is 0 Å². The quantitative estimate of drug-likeness (QED) is 0.621. The highest BCUT2D eigenvalue weighted by molar-refractivity contribution is 4.87. The molecule has 0 saturated carbocycles. The van der Waals surface area contributed by atoms with Crippen LogP contribution in [0.2, 0.25) is 0 Å². The number of alkyl halides is 3. The molecule has 1 heterocycles. The zero-order valence-electron chi connectivity index (χ0n) is 8.23. The van der Waals surface area contributed by atoms with Gasteiger partial charge in [-0.15, -0.1) is 0 Å². The topological polar surface area (TPSA) is 3.24 Å². The van der Waals surface area contributed by atoms with Crippen LogP contribution in [0.1, 0.15) is 27.2 Å². The van der Waals surface area contributed by atoms with E-state index >= 15 is 0 Å². The van der Waals surface area contributed by atoms with Gasteiger partial charge in [0.1, 0.15) is 0 Å². The van der Waals surface area contributed by atoms with Crippen LogP contribution in [0.3, 0.4) is 0 Å². The standard InChI is InChI=1S/C9H16F3N/c1-6(2)13-5-8(4-7(13)3)9(10,11)12/h6-8H,4-5H2,1-3H3. The third-order valence-electron chi connectivity index (χ3n) is 2.75. The van der Waals surface area contributed by atoms with Crippen molar-refractivity contribution in [1.29, 1.82) is 0 Å². The summed E-state index contributed by atoms with van der Waals surface area (Å²) in [5, 5.41) is 0. The van der Waals surface area contributed by atoms with Gasteiger partial charge < -0.3 is 0 Å². The summed E-state index contributed by atoms with van der Waals surface area (Å²) in [4.78, 5) is 1.91. The van der Waals surface area contributed by atoms with Crippen LogP contribution in [0.25, 0.3) is 0 Å². The van der Waals surface area contributed by atoms with E-state index in [4.69, 9.17) is 0 Å². The van der Waals surface area contributed by atoms with Crippen molar-refractivity contribution in [3.05, 3.63) is 0 Å². The van der Waals surface area contributed by atoms with Crippen molar-refractivity contribution in [2.24, 2.45) is 5.92 Å². The van der Waals surface area contributed by atoms with Crippen molar-refractivity contribution in [1.82, 2.24) is 4.90 Å². The Bertz CT molecular complexity index is 176. The minimum Gasteiger partial charge on any atom is -0.298 e. The lowest BCUT2D eigenvalue weighted by atomic mass is 10.1. The number of nitrogens with zero attached hydrogens (tertiary/aromatic N) is 1. The van der Waals surface area contributed by atoms with Crippen molar-refractivity contribution >= 4 is 0 Å². The third-order valence-corrected chi connectivity index (χ3v) is 2.75. The molecule has 1 aliphatic rings. The van der Waals surface area contributed by atoms with Crippen LogP contribution >= 0.6 is 0 Å². The Hall–Kier alpha value is -0.250. The van der Waals surface area contributed by atoms with Gasteiger partial charge in [0.25, 0.3) is 0 Å². The molecule has 1 fully saturated rings. The zero-order valence-corrected chi connectivity index (χ0v) is 8.23. The molecule has 0 aromatic rings. The van der Waals surface area contributed by atoms with Crippen molar-refractivity contribution in [3.63, 3.8) is 0 Å². The van der Waals surface area contributed by atoms with Crippen LogP contribution in [-0.2, 0) is 0 Å². The molecule has 0 aromatic heterocycles. The van der Waals surface area contributed by atoms with Crippen molar-refractivity contribution in [3.8, 4) is 0 Å². The van der Waals surface area contributed by atoms with E-state index in [2.05, 4.69) is 0 Å². The van der Waals surface area contributed by atoms with E-state index in [1.54, 1.807) is 0 Å². The predicted octanol–water partition coefficient (Wildman–Crippen LogP) is 2.67. The normalized spacial score (nSPS) is 31.6. The first-order valence-corrected chi connectivity index (χ1v) is 4.65. The van der Waals surface area contributed by atoms with Gasteiger partial charge in [-0.25, -0.2) is 0 Å². The van der Waals surface area contributed by atoms with E-state index < -0.39 is 12.1 Å². The molecule has 78 valence electrons. The molecule has 1 saturated heterocycles. The summed E-state index contributed by atoms with van der Waals surface area (Å²) in [6.07, 6.45) is -3.76. The van der Waals surface area contributed by atoms with E-state index in [1.165, 1.54) is 0 Å². The second kappa shape index (κ2) is 3.48. The Morgan fingerprint density at radius 2 is 1.85 bits per heavy atom. The summed E-state index contributed by atoms with van der Waals surface area (Å²) in [6, 6.07) is 0.272. The van der Waals surface area contributed by atoms with Gasteiger partial charge in [-0.05, 0) is 27.2 Å². The first kappa shape index (κ1) is 10.8. The Morgan fingerprint density at radius 3 is 2.08 bits per heavy atom. The first-order valence-electron chi connectivity index (χ1n) is 4.65. The monoisotopic (exact) mass is 195 g/mol. The average molecular weight is 195 g/mol. The molecule has 0 aliphatic carbocycles. The number of rotatable bonds is 1. The maximum atomic E-state index is 12.3. The Balaban J connectivity index is 2.60. The molecular weight excluding hydrogens is 179 g/mol. The predicted molar refractivity (Wildman–Crippen MR) is 45.5 cm³/mol. The largest absolute Gasteiger partial charge is 0.393 e.